The average molecular weight is 352 g/mol. The topological polar surface area (TPSA) is 38.3 Å². The van der Waals surface area contributed by atoms with Crippen LogP contribution in [0.3, 0.4) is 0 Å². The van der Waals surface area contributed by atoms with E-state index in [1.807, 2.05) is 31.2 Å². The summed E-state index contributed by atoms with van der Waals surface area (Å²) in [5, 5.41) is 3.01. The van der Waals surface area contributed by atoms with Gasteiger partial charge in [-0.2, -0.15) is 0 Å². The first-order valence-electron chi connectivity index (χ1n) is 6.37. The van der Waals surface area contributed by atoms with Gasteiger partial charge in [0.05, 0.1) is 7.11 Å². The molecule has 21 heavy (non-hydrogen) atoms. The van der Waals surface area contributed by atoms with E-state index >= 15 is 0 Å². The molecule has 0 amide bonds. The highest BCUT2D eigenvalue weighted by Crippen LogP contribution is 2.26. The molecule has 2 rings (SSSR count). The third kappa shape index (κ3) is 3.82. The lowest BCUT2D eigenvalue weighted by atomic mass is 10.1. The molecule has 0 aliphatic carbocycles. The minimum atomic E-state index is -0.907. The van der Waals surface area contributed by atoms with Crippen LogP contribution in [0.15, 0.2) is 46.9 Å². The number of hydrogen-bond donors (Lipinski definition) is 1. The minimum absolute atomic E-state index is 0.233. The van der Waals surface area contributed by atoms with E-state index < -0.39 is 17.8 Å². The zero-order valence-corrected chi connectivity index (χ0v) is 13.3. The van der Waals surface area contributed by atoms with Crippen molar-refractivity contribution in [3.05, 3.63) is 63.9 Å². The third-order valence-corrected chi connectivity index (χ3v) is 3.56. The summed E-state index contributed by atoms with van der Waals surface area (Å²) in [6, 6.07) is 11.0. The van der Waals surface area contributed by atoms with Gasteiger partial charge in [-0.3, -0.25) is 0 Å². The van der Waals surface area contributed by atoms with E-state index in [1.165, 1.54) is 13.2 Å². The molecule has 0 heterocycles. The Hall–Kier alpha value is -1.88. The van der Waals surface area contributed by atoms with Crippen molar-refractivity contribution in [1.29, 1.82) is 0 Å². The van der Waals surface area contributed by atoms with Gasteiger partial charge in [0, 0.05) is 15.7 Å². The van der Waals surface area contributed by atoms with Gasteiger partial charge in [0.25, 0.3) is 0 Å². The van der Waals surface area contributed by atoms with Gasteiger partial charge in [0.2, 0.25) is 0 Å². The molecule has 5 heteroatoms. The average Bonchev–Trinajstić information content (AvgIpc) is 2.48. The van der Waals surface area contributed by atoms with Crippen molar-refractivity contribution in [2.45, 2.75) is 13.0 Å². The van der Waals surface area contributed by atoms with Crippen molar-refractivity contribution in [3.63, 3.8) is 0 Å². The third-order valence-electron chi connectivity index (χ3n) is 3.07. The highest BCUT2D eigenvalue weighted by atomic mass is 79.9. The maximum atomic E-state index is 14.0. The van der Waals surface area contributed by atoms with Crippen molar-refractivity contribution in [2.24, 2.45) is 0 Å². The summed E-state index contributed by atoms with van der Waals surface area (Å²) in [6.07, 6.45) is 0. The lowest BCUT2D eigenvalue weighted by Gasteiger charge is -2.19. The molecule has 1 N–H and O–H groups in total. The molecule has 1 atom stereocenters. The summed E-state index contributed by atoms with van der Waals surface area (Å²) in [4.78, 5) is 12.0. The molecule has 0 saturated heterocycles. The fourth-order valence-electron chi connectivity index (χ4n) is 1.93. The van der Waals surface area contributed by atoms with Crippen molar-refractivity contribution < 1.29 is 13.9 Å². The summed E-state index contributed by atoms with van der Waals surface area (Å²) in [5.41, 5.74) is 2.05. The first-order chi connectivity index (χ1) is 10.0. The standard InChI is InChI=1S/C16H15BrFNO2/c1-10-3-6-12(7-4-10)19-15(16(20)21-2)13-9-11(17)5-8-14(13)18/h3-9,15,19H,1-2H3. The van der Waals surface area contributed by atoms with E-state index in [2.05, 4.69) is 21.2 Å². The van der Waals surface area contributed by atoms with Gasteiger partial charge in [0.15, 0.2) is 6.04 Å². The number of nitrogens with one attached hydrogen (secondary N) is 1. The Morgan fingerprint density at radius 1 is 1.24 bits per heavy atom. The Morgan fingerprint density at radius 3 is 2.52 bits per heavy atom. The molecule has 0 bridgehead atoms. The molecule has 0 saturated carbocycles. The maximum absolute atomic E-state index is 14.0. The highest BCUT2D eigenvalue weighted by Gasteiger charge is 2.24. The second-order valence-corrected chi connectivity index (χ2v) is 5.55. The van der Waals surface area contributed by atoms with Crippen LogP contribution in [0.5, 0.6) is 0 Å². The lowest BCUT2D eigenvalue weighted by molar-refractivity contribution is -0.141. The fourth-order valence-corrected chi connectivity index (χ4v) is 2.31. The summed E-state index contributed by atoms with van der Waals surface area (Å²) in [7, 11) is 1.28. The van der Waals surface area contributed by atoms with Gasteiger partial charge >= 0.3 is 5.97 Å². The number of anilines is 1. The number of carbonyl (C=O) groups excluding carboxylic acids is 1. The van der Waals surface area contributed by atoms with Crippen LogP contribution in [-0.2, 0) is 9.53 Å². The van der Waals surface area contributed by atoms with Gasteiger partial charge < -0.3 is 10.1 Å². The van der Waals surface area contributed by atoms with Crippen LogP contribution in [0.2, 0.25) is 0 Å². The number of aryl methyl sites for hydroxylation is 1. The van der Waals surface area contributed by atoms with E-state index in [4.69, 9.17) is 4.74 Å². The molecule has 110 valence electrons. The molecular formula is C16H15BrFNO2. The quantitative estimate of drug-likeness (QED) is 0.838. The fraction of sp³-hybridized carbons (Fsp3) is 0.188. The SMILES string of the molecule is COC(=O)C(Nc1ccc(C)cc1)c1cc(Br)ccc1F. The van der Waals surface area contributed by atoms with Crippen molar-refractivity contribution in [3.8, 4) is 0 Å². The van der Waals surface area contributed by atoms with E-state index in [9.17, 15) is 9.18 Å². The summed E-state index contributed by atoms with van der Waals surface area (Å²) in [5.74, 6) is -1.01. The van der Waals surface area contributed by atoms with Gasteiger partial charge in [-0.15, -0.1) is 0 Å². The Balaban J connectivity index is 2.36. The number of ether oxygens (including phenoxy) is 1. The molecule has 2 aromatic carbocycles. The van der Waals surface area contributed by atoms with Gasteiger partial charge in [0.1, 0.15) is 5.82 Å². The zero-order chi connectivity index (χ0) is 15.4. The van der Waals surface area contributed by atoms with Gasteiger partial charge in [-0.05, 0) is 37.3 Å². The highest BCUT2D eigenvalue weighted by molar-refractivity contribution is 9.10. The predicted octanol–water partition coefficient (Wildman–Crippen LogP) is 4.22. The smallest absolute Gasteiger partial charge is 0.333 e. The largest absolute Gasteiger partial charge is 0.467 e. The molecule has 2 aromatic rings. The van der Waals surface area contributed by atoms with Crippen LogP contribution < -0.4 is 5.32 Å². The van der Waals surface area contributed by atoms with Crippen LogP contribution in [0.4, 0.5) is 10.1 Å². The number of hydrogen-bond acceptors (Lipinski definition) is 3. The molecular weight excluding hydrogens is 337 g/mol. The number of halogens is 2. The second kappa shape index (κ2) is 6.72. The van der Waals surface area contributed by atoms with Gasteiger partial charge in [-0.25, -0.2) is 9.18 Å². The lowest BCUT2D eigenvalue weighted by Crippen LogP contribution is -2.23. The summed E-state index contributed by atoms with van der Waals surface area (Å²) >= 11 is 3.28. The minimum Gasteiger partial charge on any atom is -0.467 e. The second-order valence-electron chi connectivity index (χ2n) is 4.63. The van der Waals surface area contributed by atoms with Crippen LogP contribution in [-0.4, -0.2) is 13.1 Å². The van der Waals surface area contributed by atoms with Crippen molar-refractivity contribution in [2.75, 3.05) is 12.4 Å². The van der Waals surface area contributed by atoms with Crippen molar-refractivity contribution in [1.82, 2.24) is 0 Å². The van der Waals surface area contributed by atoms with Crippen LogP contribution in [0.1, 0.15) is 17.2 Å². The predicted molar refractivity (Wildman–Crippen MR) is 83.7 cm³/mol. The monoisotopic (exact) mass is 351 g/mol. The van der Waals surface area contributed by atoms with Crippen molar-refractivity contribution >= 4 is 27.6 Å². The Kier molecular flexibility index (Phi) is 4.96. The molecule has 1 unspecified atom stereocenters. The number of esters is 1. The summed E-state index contributed by atoms with van der Waals surface area (Å²) < 4.78 is 19.5. The molecule has 0 spiro atoms. The van der Waals surface area contributed by atoms with Gasteiger partial charge in [-0.1, -0.05) is 33.6 Å². The molecule has 0 radical (unpaired) electrons. The molecule has 0 aliphatic rings. The Morgan fingerprint density at radius 2 is 1.90 bits per heavy atom. The normalized spacial score (nSPS) is 11.8. The first-order valence-corrected chi connectivity index (χ1v) is 7.16. The molecule has 3 nitrogen and oxygen atoms in total. The Labute approximate surface area is 131 Å². The zero-order valence-electron chi connectivity index (χ0n) is 11.7. The van der Waals surface area contributed by atoms with E-state index in [0.717, 1.165) is 11.3 Å². The Bertz CT molecular complexity index is 643. The van der Waals surface area contributed by atoms with Crippen LogP contribution >= 0.6 is 15.9 Å². The first kappa shape index (κ1) is 15.5. The maximum Gasteiger partial charge on any atom is 0.333 e. The van der Waals surface area contributed by atoms with E-state index in [0.29, 0.717) is 4.47 Å². The molecule has 0 fully saturated rings. The molecule has 0 aliphatic heterocycles. The summed E-state index contributed by atoms with van der Waals surface area (Å²) in [6.45, 7) is 1.97. The number of carbonyl (C=O) groups is 1. The number of rotatable bonds is 4. The number of benzene rings is 2. The van der Waals surface area contributed by atoms with E-state index in [1.54, 1.807) is 12.1 Å². The molecule has 0 aromatic heterocycles. The van der Waals surface area contributed by atoms with E-state index in [-0.39, 0.29) is 5.56 Å². The van der Waals surface area contributed by atoms with Crippen LogP contribution in [0, 0.1) is 12.7 Å². The number of methoxy groups -OCH3 is 1. The van der Waals surface area contributed by atoms with Crippen LogP contribution in [0.25, 0.3) is 0 Å².